The minimum Gasteiger partial charge on any atom is -0.384 e. The number of anilines is 1. The monoisotopic (exact) mass is 247 g/mol. The number of nitrogen functional groups attached to an aromatic ring is 1. The summed E-state index contributed by atoms with van der Waals surface area (Å²) in [6.45, 7) is 2.56. The van der Waals surface area contributed by atoms with Gasteiger partial charge in [-0.2, -0.15) is 0 Å². The number of likely N-dealkylation sites (N-methyl/N-ethyl adjacent to an activating group) is 1. The average molecular weight is 247 g/mol. The van der Waals surface area contributed by atoms with Crippen molar-refractivity contribution in [2.75, 3.05) is 31.7 Å². The number of ether oxygens (including phenoxy) is 1. The topological polar surface area (TPSA) is 62.3 Å². The zero-order chi connectivity index (χ0) is 13.0. The van der Waals surface area contributed by atoms with Gasteiger partial charge < -0.3 is 15.4 Å². The summed E-state index contributed by atoms with van der Waals surface area (Å²) in [5.41, 5.74) is 7.30. The van der Waals surface area contributed by atoms with Crippen LogP contribution < -0.4 is 10.6 Å². The van der Waals surface area contributed by atoms with Crippen LogP contribution in [0.1, 0.15) is 18.4 Å². The van der Waals surface area contributed by atoms with Crippen LogP contribution in [0.4, 0.5) is 5.69 Å². The largest absolute Gasteiger partial charge is 0.384 e. The van der Waals surface area contributed by atoms with Gasteiger partial charge in [-0.25, -0.2) is 0 Å². The van der Waals surface area contributed by atoms with E-state index in [2.05, 4.69) is 4.90 Å². The van der Waals surface area contributed by atoms with Gasteiger partial charge in [0.2, 0.25) is 0 Å². The Balaban J connectivity index is 1.76. The zero-order valence-corrected chi connectivity index (χ0v) is 10.9. The highest BCUT2D eigenvalue weighted by molar-refractivity contribution is 5.95. The van der Waals surface area contributed by atoms with Crippen LogP contribution >= 0.6 is 0 Å². The third-order valence-electron chi connectivity index (χ3n) is 3.24. The quantitative estimate of drug-likeness (QED) is 0.439. The minimum absolute atomic E-state index is 0.108. The molecule has 4 heteroatoms. The molecule has 1 aromatic rings. The van der Waals surface area contributed by atoms with Gasteiger partial charge in [0.25, 0.3) is 0 Å². The van der Waals surface area contributed by atoms with E-state index in [0.717, 1.165) is 36.9 Å². The minimum atomic E-state index is 0.108. The van der Waals surface area contributed by atoms with Crippen molar-refractivity contribution in [3.05, 3.63) is 29.8 Å². The number of nitrogens with zero attached hydrogens (tertiary/aromatic N) is 1. The Morgan fingerprint density at radius 2 is 2.06 bits per heavy atom. The third-order valence-corrected chi connectivity index (χ3v) is 3.24. The molecular weight excluding hydrogens is 226 g/mol. The SMILES string of the molecule is CN(CCOCC1CC1)c1ccc(C(=N)N)cc1. The molecule has 98 valence electrons. The normalized spacial score (nSPS) is 14.5. The Morgan fingerprint density at radius 1 is 1.39 bits per heavy atom. The van der Waals surface area contributed by atoms with E-state index in [1.807, 2.05) is 31.3 Å². The maximum atomic E-state index is 7.34. The Labute approximate surface area is 108 Å². The first-order valence-electron chi connectivity index (χ1n) is 6.40. The van der Waals surface area contributed by atoms with E-state index in [9.17, 15) is 0 Å². The van der Waals surface area contributed by atoms with Crippen molar-refractivity contribution in [3.63, 3.8) is 0 Å². The maximum absolute atomic E-state index is 7.34. The lowest BCUT2D eigenvalue weighted by atomic mass is 10.2. The Kier molecular flexibility index (Phi) is 4.20. The predicted octanol–water partition coefficient (Wildman–Crippen LogP) is 1.83. The van der Waals surface area contributed by atoms with Crippen LogP contribution in [0.25, 0.3) is 0 Å². The van der Waals surface area contributed by atoms with E-state index < -0.39 is 0 Å². The van der Waals surface area contributed by atoms with Gasteiger partial charge in [0.1, 0.15) is 5.84 Å². The lowest BCUT2D eigenvalue weighted by molar-refractivity contribution is 0.131. The molecule has 1 aromatic carbocycles. The summed E-state index contributed by atoms with van der Waals surface area (Å²) < 4.78 is 5.62. The number of hydrogen-bond acceptors (Lipinski definition) is 3. The van der Waals surface area contributed by atoms with Gasteiger partial charge in [0, 0.05) is 31.5 Å². The standard InChI is InChI=1S/C14H21N3O/c1-17(8-9-18-10-11-2-3-11)13-6-4-12(5-7-13)14(15)16/h4-7,11H,2-3,8-10H2,1H3,(H3,15,16). The first-order valence-corrected chi connectivity index (χ1v) is 6.40. The second kappa shape index (κ2) is 5.87. The fourth-order valence-electron chi connectivity index (χ4n) is 1.76. The van der Waals surface area contributed by atoms with Crippen LogP contribution in [0.2, 0.25) is 0 Å². The van der Waals surface area contributed by atoms with Gasteiger partial charge in [-0.15, -0.1) is 0 Å². The fraction of sp³-hybridized carbons (Fsp3) is 0.500. The van der Waals surface area contributed by atoms with Crippen molar-refractivity contribution < 1.29 is 4.74 Å². The summed E-state index contributed by atoms with van der Waals surface area (Å²) in [6.07, 6.45) is 2.67. The van der Waals surface area contributed by atoms with Crippen LogP contribution in [-0.4, -0.2) is 32.6 Å². The molecule has 0 saturated heterocycles. The first kappa shape index (κ1) is 12.9. The molecule has 2 rings (SSSR count). The van der Waals surface area contributed by atoms with Crippen molar-refractivity contribution in [1.29, 1.82) is 5.41 Å². The van der Waals surface area contributed by atoms with Crippen LogP contribution in [0, 0.1) is 11.3 Å². The molecule has 0 unspecified atom stereocenters. The highest BCUT2D eigenvalue weighted by atomic mass is 16.5. The fourth-order valence-corrected chi connectivity index (χ4v) is 1.76. The summed E-state index contributed by atoms with van der Waals surface area (Å²) >= 11 is 0. The first-order chi connectivity index (χ1) is 8.66. The average Bonchev–Trinajstić information content (AvgIpc) is 3.18. The number of nitrogens with two attached hydrogens (primary N) is 1. The lowest BCUT2D eigenvalue weighted by Crippen LogP contribution is -2.23. The molecule has 4 nitrogen and oxygen atoms in total. The molecule has 0 amide bonds. The van der Waals surface area contributed by atoms with Crippen LogP contribution in [-0.2, 0) is 4.74 Å². The lowest BCUT2D eigenvalue weighted by Gasteiger charge is -2.19. The summed E-state index contributed by atoms with van der Waals surface area (Å²) in [5, 5.41) is 7.34. The predicted molar refractivity (Wildman–Crippen MR) is 74.3 cm³/mol. The van der Waals surface area contributed by atoms with Crippen molar-refractivity contribution in [2.24, 2.45) is 11.7 Å². The second-order valence-corrected chi connectivity index (χ2v) is 4.90. The van der Waals surface area contributed by atoms with Crippen molar-refractivity contribution >= 4 is 11.5 Å². The molecule has 18 heavy (non-hydrogen) atoms. The van der Waals surface area contributed by atoms with Crippen molar-refractivity contribution in [1.82, 2.24) is 0 Å². The summed E-state index contributed by atoms with van der Waals surface area (Å²) in [7, 11) is 2.04. The maximum Gasteiger partial charge on any atom is 0.122 e. The number of nitrogens with one attached hydrogen (secondary N) is 1. The summed E-state index contributed by atoms with van der Waals surface area (Å²) in [5.74, 6) is 0.933. The number of benzene rings is 1. The van der Waals surface area contributed by atoms with Gasteiger partial charge >= 0.3 is 0 Å². The molecule has 1 saturated carbocycles. The van der Waals surface area contributed by atoms with Gasteiger partial charge in [0.05, 0.1) is 6.61 Å². The Hall–Kier alpha value is -1.55. The van der Waals surface area contributed by atoms with E-state index in [4.69, 9.17) is 15.9 Å². The summed E-state index contributed by atoms with van der Waals surface area (Å²) in [4.78, 5) is 2.15. The van der Waals surface area contributed by atoms with Crippen molar-refractivity contribution in [2.45, 2.75) is 12.8 Å². The molecule has 1 aliphatic rings. The van der Waals surface area contributed by atoms with E-state index >= 15 is 0 Å². The molecular formula is C14H21N3O. The Morgan fingerprint density at radius 3 is 2.61 bits per heavy atom. The zero-order valence-electron chi connectivity index (χ0n) is 10.9. The molecule has 0 aromatic heterocycles. The van der Waals surface area contributed by atoms with E-state index in [1.165, 1.54) is 12.8 Å². The number of amidine groups is 1. The van der Waals surface area contributed by atoms with Gasteiger partial charge in [-0.3, -0.25) is 5.41 Å². The number of rotatable bonds is 7. The highest BCUT2D eigenvalue weighted by Crippen LogP contribution is 2.28. The van der Waals surface area contributed by atoms with E-state index in [-0.39, 0.29) is 5.84 Å². The molecule has 1 fully saturated rings. The molecule has 3 N–H and O–H groups in total. The molecule has 1 aliphatic carbocycles. The van der Waals surface area contributed by atoms with Gasteiger partial charge in [-0.05, 0) is 43.0 Å². The van der Waals surface area contributed by atoms with E-state index in [1.54, 1.807) is 0 Å². The molecule has 0 spiro atoms. The summed E-state index contributed by atoms with van der Waals surface area (Å²) in [6, 6.07) is 7.72. The molecule has 0 aliphatic heterocycles. The van der Waals surface area contributed by atoms with Crippen LogP contribution in [0.3, 0.4) is 0 Å². The van der Waals surface area contributed by atoms with Crippen LogP contribution in [0.5, 0.6) is 0 Å². The number of hydrogen-bond donors (Lipinski definition) is 2. The van der Waals surface area contributed by atoms with E-state index in [0.29, 0.717) is 0 Å². The highest BCUT2D eigenvalue weighted by Gasteiger charge is 2.20. The second-order valence-electron chi connectivity index (χ2n) is 4.90. The van der Waals surface area contributed by atoms with Gasteiger partial charge in [-0.1, -0.05) is 0 Å². The molecule has 0 radical (unpaired) electrons. The third kappa shape index (κ3) is 3.74. The Bertz CT molecular complexity index is 398. The van der Waals surface area contributed by atoms with Crippen molar-refractivity contribution in [3.8, 4) is 0 Å². The smallest absolute Gasteiger partial charge is 0.122 e. The molecule has 0 atom stereocenters. The molecule has 0 bridgehead atoms. The van der Waals surface area contributed by atoms with Gasteiger partial charge in [0.15, 0.2) is 0 Å². The molecule has 0 heterocycles. The van der Waals surface area contributed by atoms with Crippen LogP contribution in [0.15, 0.2) is 24.3 Å².